The summed E-state index contributed by atoms with van der Waals surface area (Å²) in [6, 6.07) is 14.3. The van der Waals surface area contributed by atoms with E-state index in [1.54, 1.807) is 12.1 Å². The molecule has 0 aliphatic rings. The number of rotatable bonds is 4. The van der Waals surface area contributed by atoms with Crippen molar-refractivity contribution in [2.75, 3.05) is 5.32 Å². The van der Waals surface area contributed by atoms with Gasteiger partial charge >= 0.3 is 0 Å². The van der Waals surface area contributed by atoms with Crippen LogP contribution in [-0.2, 0) is 11.3 Å². The minimum absolute atomic E-state index is 0.0868. The number of benzene rings is 2. The van der Waals surface area contributed by atoms with Gasteiger partial charge in [0.25, 0.3) is 0 Å². The van der Waals surface area contributed by atoms with Crippen LogP contribution in [-0.4, -0.2) is 26.1 Å². The van der Waals surface area contributed by atoms with Gasteiger partial charge in [0.2, 0.25) is 11.7 Å². The Kier molecular flexibility index (Phi) is 4.73. The van der Waals surface area contributed by atoms with Crippen LogP contribution >= 0.6 is 11.6 Å². The lowest BCUT2D eigenvalue weighted by atomic mass is 10.1. The molecule has 2 aromatic carbocycles. The molecule has 1 N–H and O–H groups in total. The third-order valence-electron chi connectivity index (χ3n) is 3.42. The molecule has 0 aliphatic heterocycles. The number of anilines is 1. The summed E-state index contributed by atoms with van der Waals surface area (Å²) in [7, 11) is 0. The maximum absolute atomic E-state index is 12.1. The summed E-state index contributed by atoms with van der Waals surface area (Å²) in [5, 5.41) is 23.9. The van der Waals surface area contributed by atoms with Crippen molar-refractivity contribution in [3.05, 3.63) is 58.6 Å². The Hall–Kier alpha value is -3.24. The van der Waals surface area contributed by atoms with Crippen molar-refractivity contribution >= 4 is 23.2 Å². The Morgan fingerprint density at radius 2 is 2.04 bits per heavy atom. The fraction of sp³-hybridized carbons (Fsp3) is 0.118. The van der Waals surface area contributed by atoms with Gasteiger partial charge in [-0.1, -0.05) is 41.4 Å². The quantitative estimate of drug-likeness (QED) is 0.778. The highest BCUT2D eigenvalue weighted by atomic mass is 35.5. The zero-order valence-electron chi connectivity index (χ0n) is 13.3. The van der Waals surface area contributed by atoms with Gasteiger partial charge in [-0.15, -0.1) is 10.2 Å². The number of hydrogen-bond donors (Lipinski definition) is 1. The molecule has 3 aromatic rings. The van der Waals surface area contributed by atoms with E-state index >= 15 is 0 Å². The number of nitriles is 1. The second-order valence-electron chi connectivity index (χ2n) is 5.36. The van der Waals surface area contributed by atoms with Crippen LogP contribution in [0.15, 0.2) is 42.5 Å². The first-order chi connectivity index (χ1) is 12.0. The molecule has 1 aromatic heterocycles. The Labute approximate surface area is 148 Å². The highest BCUT2D eigenvalue weighted by Crippen LogP contribution is 2.20. The van der Waals surface area contributed by atoms with Crippen molar-refractivity contribution in [1.82, 2.24) is 20.2 Å². The van der Waals surface area contributed by atoms with Crippen LogP contribution in [0.4, 0.5) is 5.69 Å². The van der Waals surface area contributed by atoms with Gasteiger partial charge < -0.3 is 5.32 Å². The molecule has 3 rings (SSSR count). The third kappa shape index (κ3) is 4.00. The number of carbonyl (C=O) groups excluding carboxylic acids is 1. The van der Waals surface area contributed by atoms with Crippen LogP contribution in [0.25, 0.3) is 11.4 Å². The maximum atomic E-state index is 12.1. The van der Waals surface area contributed by atoms with E-state index in [-0.39, 0.29) is 17.5 Å². The normalized spacial score (nSPS) is 10.3. The molecule has 0 fully saturated rings. The molecule has 0 unspecified atom stereocenters. The number of aryl methyl sites for hydroxylation is 1. The molecule has 0 saturated heterocycles. The molecule has 0 aliphatic carbocycles. The zero-order chi connectivity index (χ0) is 17.8. The van der Waals surface area contributed by atoms with Gasteiger partial charge in [-0.05, 0) is 30.3 Å². The first-order valence-corrected chi connectivity index (χ1v) is 7.77. The highest BCUT2D eigenvalue weighted by Gasteiger charge is 2.10. The van der Waals surface area contributed by atoms with Gasteiger partial charge in [0.05, 0.1) is 10.6 Å². The van der Waals surface area contributed by atoms with Crippen LogP contribution < -0.4 is 5.32 Å². The average Bonchev–Trinajstić information content (AvgIpc) is 3.04. The molecule has 0 spiro atoms. The second kappa shape index (κ2) is 7.11. The number of carbonyl (C=O) groups is 1. The monoisotopic (exact) mass is 352 g/mol. The summed E-state index contributed by atoms with van der Waals surface area (Å²) in [6.07, 6.45) is 0. The minimum atomic E-state index is -0.325. The van der Waals surface area contributed by atoms with Gasteiger partial charge in [-0.25, -0.2) is 0 Å². The predicted molar refractivity (Wildman–Crippen MR) is 92.8 cm³/mol. The van der Waals surface area contributed by atoms with Crippen LogP contribution in [0.1, 0.15) is 11.1 Å². The van der Waals surface area contributed by atoms with Crippen molar-refractivity contribution in [3.8, 4) is 17.5 Å². The van der Waals surface area contributed by atoms with Gasteiger partial charge in [0.1, 0.15) is 12.6 Å². The van der Waals surface area contributed by atoms with E-state index in [0.717, 1.165) is 11.1 Å². The summed E-state index contributed by atoms with van der Waals surface area (Å²) >= 11 is 5.94. The number of amides is 1. The Bertz CT molecular complexity index is 958. The molecule has 1 amide bonds. The van der Waals surface area contributed by atoms with E-state index in [1.807, 2.05) is 37.3 Å². The number of nitrogens with zero attached hydrogens (tertiary/aromatic N) is 5. The van der Waals surface area contributed by atoms with Crippen LogP contribution in [0.5, 0.6) is 0 Å². The Morgan fingerprint density at radius 3 is 2.72 bits per heavy atom. The topological polar surface area (TPSA) is 96.5 Å². The molecular weight excluding hydrogens is 340 g/mol. The SMILES string of the molecule is Cc1ccc(-c2nnn(CC(=O)Nc3ccc(C#N)c(Cl)c3)n2)cc1. The van der Waals surface area contributed by atoms with E-state index in [0.29, 0.717) is 17.1 Å². The first-order valence-electron chi connectivity index (χ1n) is 7.39. The smallest absolute Gasteiger partial charge is 0.248 e. The Balaban J connectivity index is 1.66. The highest BCUT2D eigenvalue weighted by molar-refractivity contribution is 6.32. The first kappa shape index (κ1) is 16.6. The summed E-state index contributed by atoms with van der Waals surface area (Å²) < 4.78 is 0. The molecule has 25 heavy (non-hydrogen) atoms. The van der Waals surface area contributed by atoms with Gasteiger partial charge in [0, 0.05) is 11.3 Å². The summed E-state index contributed by atoms with van der Waals surface area (Å²) in [6.45, 7) is 1.91. The van der Waals surface area contributed by atoms with E-state index in [9.17, 15) is 4.79 Å². The molecule has 7 nitrogen and oxygen atoms in total. The third-order valence-corrected chi connectivity index (χ3v) is 3.73. The second-order valence-corrected chi connectivity index (χ2v) is 5.77. The fourth-order valence-corrected chi connectivity index (χ4v) is 2.36. The largest absolute Gasteiger partial charge is 0.324 e. The number of tetrazole rings is 1. The van der Waals surface area contributed by atoms with E-state index in [2.05, 4.69) is 20.7 Å². The Morgan fingerprint density at radius 1 is 1.28 bits per heavy atom. The average molecular weight is 353 g/mol. The predicted octanol–water partition coefficient (Wildman–Crippen LogP) is 2.81. The number of aromatic nitrogens is 4. The molecule has 0 radical (unpaired) electrons. The van der Waals surface area contributed by atoms with Crippen molar-refractivity contribution in [2.24, 2.45) is 0 Å². The standard InChI is InChI=1S/C17H13ClN6O/c1-11-2-4-12(5-3-11)17-21-23-24(22-17)10-16(25)20-14-7-6-13(9-19)15(18)8-14/h2-8H,10H2,1H3,(H,20,25). The van der Waals surface area contributed by atoms with Crippen molar-refractivity contribution in [2.45, 2.75) is 13.5 Å². The molecule has 0 atom stereocenters. The lowest BCUT2D eigenvalue weighted by molar-refractivity contribution is -0.117. The zero-order valence-corrected chi connectivity index (χ0v) is 14.0. The fourth-order valence-electron chi connectivity index (χ4n) is 2.14. The molecule has 1 heterocycles. The van der Waals surface area contributed by atoms with Gasteiger partial charge in [0.15, 0.2) is 0 Å². The lowest BCUT2D eigenvalue weighted by Gasteiger charge is -2.05. The number of hydrogen-bond acceptors (Lipinski definition) is 5. The number of nitrogens with one attached hydrogen (secondary N) is 1. The molecule has 8 heteroatoms. The van der Waals surface area contributed by atoms with E-state index in [4.69, 9.17) is 16.9 Å². The summed E-state index contributed by atoms with van der Waals surface area (Å²) in [5.41, 5.74) is 2.81. The maximum Gasteiger partial charge on any atom is 0.248 e. The molecule has 0 bridgehead atoms. The lowest BCUT2D eigenvalue weighted by Crippen LogP contribution is -2.20. The number of halogens is 1. The van der Waals surface area contributed by atoms with Crippen LogP contribution in [0, 0.1) is 18.3 Å². The van der Waals surface area contributed by atoms with E-state index in [1.165, 1.54) is 10.9 Å². The molecule has 0 saturated carbocycles. The van der Waals surface area contributed by atoms with Crippen LogP contribution in [0.2, 0.25) is 5.02 Å². The summed E-state index contributed by atoms with van der Waals surface area (Å²) in [4.78, 5) is 13.3. The van der Waals surface area contributed by atoms with Gasteiger partial charge in [-0.2, -0.15) is 10.1 Å². The molecule has 124 valence electrons. The van der Waals surface area contributed by atoms with Crippen LogP contribution in [0.3, 0.4) is 0 Å². The van der Waals surface area contributed by atoms with Crippen molar-refractivity contribution < 1.29 is 4.79 Å². The van der Waals surface area contributed by atoms with Crippen molar-refractivity contribution in [1.29, 1.82) is 5.26 Å². The van der Waals surface area contributed by atoms with E-state index < -0.39 is 0 Å². The minimum Gasteiger partial charge on any atom is -0.324 e. The van der Waals surface area contributed by atoms with Gasteiger partial charge in [-0.3, -0.25) is 4.79 Å². The molecular formula is C17H13ClN6O. The summed E-state index contributed by atoms with van der Waals surface area (Å²) in [5.74, 6) is 0.128. The van der Waals surface area contributed by atoms with Crippen molar-refractivity contribution in [3.63, 3.8) is 0 Å².